The number of nitrogens with zero attached hydrogens (tertiary/aromatic N) is 2. The van der Waals surface area contributed by atoms with E-state index in [-0.39, 0.29) is 18.2 Å². The average Bonchev–Trinajstić information content (AvgIpc) is 2.46. The highest BCUT2D eigenvalue weighted by Crippen LogP contribution is 2.20. The van der Waals surface area contributed by atoms with Gasteiger partial charge in [-0.15, -0.1) is 0 Å². The van der Waals surface area contributed by atoms with E-state index in [0.717, 1.165) is 19.6 Å². The Balaban J connectivity index is 1.75. The van der Waals surface area contributed by atoms with Gasteiger partial charge in [-0.3, -0.25) is 4.90 Å². The molecular formula is C16H21ClN4O2. The van der Waals surface area contributed by atoms with Crippen molar-refractivity contribution in [2.45, 2.75) is 26.1 Å². The van der Waals surface area contributed by atoms with E-state index in [2.05, 4.69) is 29.4 Å². The minimum atomic E-state index is -0.292. The van der Waals surface area contributed by atoms with Crippen molar-refractivity contribution in [1.82, 2.24) is 10.2 Å². The highest BCUT2D eigenvalue weighted by atomic mass is 35.5. The predicted molar refractivity (Wildman–Crippen MR) is 89.6 cm³/mol. The van der Waals surface area contributed by atoms with Crippen molar-refractivity contribution >= 4 is 23.3 Å². The number of urea groups is 1. The van der Waals surface area contributed by atoms with E-state index >= 15 is 0 Å². The summed E-state index contributed by atoms with van der Waals surface area (Å²) >= 11 is 5.93. The molecule has 1 aromatic carbocycles. The van der Waals surface area contributed by atoms with Gasteiger partial charge in [0.05, 0.1) is 22.8 Å². The maximum Gasteiger partial charge on any atom is 0.319 e. The standard InChI is InChI=1S/C16H21ClN4O2/c1-11-9-21(10-12(2)23-11)6-5-19-16(22)20-14-4-3-13(8-18)15(17)7-14/h3-4,7,11-12H,5-6,9-10H2,1-2H3,(H2,19,20,22)/t11-,12+. The van der Waals surface area contributed by atoms with Crippen LogP contribution in [0.25, 0.3) is 0 Å². The fourth-order valence-corrected chi connectivity index (χ4v) is 2.88. The van der Waals surface area contributed by atoms with Crippen LogP contribution in [0.3, 0.4) is 0 Å². The van der Waals surface area contributed by atoms with Crippen molar-refractivity contribution in [2.24, 2.45) is 0 Å². The van der Waals surface area contributed by atoms with Crippen LogP contribution in [0, 0.1) is 11.3 Å². The number of benzene rings is 1. The molecule has 1 aliphatic rings. The molecule has 0 aliphatic carbocycles. The quantitative estimate of drug-likeness (QED) is 0.885. The second-order valence-corrected chi connectivity index (χ2v) is 6.11. The Bertz CT molecular complexity index is 592. The van der Waals surface area contributed by atoms with E-state index in [0.29, 0.717) is 22.8 Å². The number of nitrogens with one attached hydrogen (secondary N) is 2. The Morgan fingerprint density at radius 3 is 2.74 bits per heavy atom. The third kappa shape index (κ3) is 5.39. The number of nitriles is 1. The lowest BCUT2D eigenvalue weighted by atomic mass is 10.2. The van der Waals surface area contributed by atoms with Crippen LogP contribution >= 0.6 is 11.6 Å². The molecule has 1 saturated heterocycles. The van der Waals surface area contributed by atoms with Gasteiger partial charge in [-0.25, -0.2) is 4.79 Å². The molecule has 0 radical (unpaired) electrons. The first-order valence-corrected chi connectivity index (χ1v) is 7.98. The molecule has 2 N–H and O–H groups in total. The summed E-state index contributed by atoms with van der Waals surface area (Å²) in [5.74, 6) is 0. The highest BCUT2D eigenvalue weighted by molar-refractivity contribution is 6.32. The first-order chi connectivity index (χ1) is 11.0. The van der Waals surface area contributed by atoms with Gasteiger partial charge in [-0.2, -0.15) is 5.26 Å². The first kappa shape index (κ1) is 17.5. The number of hydrogen-bond acceptors (Lipinski definition) is 4. The minimum Gasteiger partial charge on any atom is -0.373 e. The van der Waals surface area contributed by atoms with Gasteiger partial charge in [-0.1, -0.05) is 11.6 Å². The maximum absolute atomic E-state index is 11.9. The average molecular weight is 337 g/mol. The van der Waals surface area contributed by atoms with Gasteiger partial charge in [0.1, 0.15) is 6.07 Å². The van der Waals surface area contributed by atoms with Gasteiger partial charge in [0.15, 0.2) is 0 Å². The van der Waals surface area contributed by atoms with Gasteiger partial charge >= 0.3 is 6.03 Å². The van der Waals surface area contributed by atoms with Crippen LogP contribution in [-0.2, 0) is 4.74 Å². The van der Waals surface area contributed by atoms with Crippen molar-refractivity contribution in [3.63, 3.8) is 0 Å². The molecule has 0 unspecified atom stereocenters. The number of carbonyl (C=O) groups excluding carboxylic acids is 1. The number of morpholine rings is 1. The van der Waals surface area contributed by atoms with Crippen molar-refractivity contribution < 1.29 is 9.53 Å². The van der Waals surface area contributed by atoms with Crippen LogP contribution < -0.4 is 10.6 Å². The van der Waals surface area contributed by atoms with Crippen molar-refractivity contribution in [1.29, 1.82) is 5.26 Å². The lowest BCUT2D eigenvalue weighted by Gasteiger charge is -2.35. The summed E-state index contributed by atoms with van der Waals surface area (Å²) in [6.45, 7) is 7.18. The zero-order valence-corrected chi connectivity index (χ0v) is 14.1. The van der Waals surface area contributed by atoms with Crippen LogP contribution in [0.1, 0.15) is 19.4 Å². The lowest BCUT2D eigenvalue weighted by molar-refractivity contribution is -0.0672. The first-order valence-electron chi connectivity index (χ1n) is 7.60. The van der Waals surface area contributed by atoms with E-state index in [1.165, 1.54) is 0 Å². The number of amides is 2. The number of rotatable bonds is 4. The van der Waals surface area contributed by atoms with E-state index in [9.17, 15) is 4.79 Å². The Labute approximate surface area is 141 Å². The largest absolute Gasteiger partial charge is 0.373 e. The van der Waals surface area contributed by atoms with Crippen LogP contribution in [0.2, 0.25) is 5.02 Å². The molecule has 23 heavy (non-hydrogen) atoms. The minimum absolute atomic E-state index is 0.216. The van der Waals surface area contributed by atoms with Crippen LogP contribution in [0.4, 0.5) is 10.5 Å². The molecule has 7 heteroatoms. The topological polar surface area (TPSA) is 77.4 Å². The van der Waals surface area contributed by atoms with Crippen LogP contribution in [0.15, 0.2) is 18.2 Å². The smallest absolute Gasteiger partial charge is 0.319 e. The highest BCUT2D eigenvalue weighted by Gasteiger charge is 2.21. The molecule has 2 atom stereocenters. The number of carbonyl (C=O) groups is 1. The summed E-state index contributed by atoms with van der Waals surface area (Å²) in [4.78, 5) is 14.2. The summed E-state index contributed by atoms with van der Waals surface area (Å²) in [5.41, 5.74) is 0.938. The monoisotopic (exact) mass is 336 g/mol. The van der Waals surface area contributed by atoms with Crippen molar-refractivity contribution in [3.8, 4) is 6.07 Å². The normalized spacial score (nSPS) is 21.5. The van der Waals surface area contributed by atoms with Crippen LogP contribution in [-0.4, -0.2) is 49.3 Å². The molecule has 0 bridgehead atoms. The molecule has 2 amide bonds. The van der Waals surface area contributed by atoms with E-state index < -0.39 is 0 Å². The van der Waals surface area contributed by atoms with E-state index in [1.54, 1.807) is 18.2 Å². The number of hydrogen-bond donors (Lipinski definition) is 2. The fraction of sp³-hybridized carbons (Fsp3) is 0.500. The Hall–Kier alpha value is -1.81. The molecule has 0 aromatic heterocycles. The molecule has 6 nitrogen and oxygen atoms in total. The number of ether oxygens (including phenoxy) is 1. The molecule has 0 spiro atoms. The second kappa shape index (κ2) is 8.16. The van der Waals surface area contributed by atoms with Crippen LogP contribution in [0.5, 0.6) is 0 Å². The molecule has 124 valence electrons. The summed E-state index contributed by atoms with van der Waals surface area (Å²) < 4.78 is 5.68. The fourth-order valence-electron chi connectivity index (χ4n) is 2.65. The maximum atomic E-state index is 11.9. The van der Waals surface area contributed by atoms with Crippen molar-refractivity contribution in [3.05, 3.63) is 28.8 Å². The third-order valence-electron chi connectivity index (χ3n) is 3.56. The molecule has 2 rings (SSSR count). The number of anilines is 1. The Morgan fingerprint density at radius 2 is 2.13 bits per heavy atom. The lowest BCUT2D eigenvalue weighted by Crippen LogP contribution is -2.48. The van der Waals surface area contributed by atoms with E-state index in [4.69, 9.17) is 21.6 Å². The zero-order valence-electron chi connectivity index (χ0n) is 13.3. The molecule has 1 aromatic rings. The van der Waals surface area contributed by atoms with Gasteiger partial charge in [0.25, 0.3) is 0 Å². The van der Waals surface area contributed by atoms with Gasteiger partial charge in [0.2, 0.25) is 0 Å². The molecule has 1 fully saturated rings. The SMILES string of the molecule is C[C@@H]1CN(CCNC(=O)Nc2ccc(C#N)c(Cl)c2)C[C@H](C)O1. The van der Waals surface area contributed by atoms with E-state index in [1.807, 2.05) is 6.07 Å². The Kier molecular flexibility index (Phi) is 6.22. The summed E-state index contributed by atoms with van der Waals surface area (Å²) in [6.07, 6.45) is 0.432. The predicted octanol–water partition coefficient (Wildman–Crippen LogP) is 2.44. The van der Waals surface area contributed by atoms with Gasteiger partial charge in [-0.05, 0) is 32.0 Å². The number of halogens is 1. The zero-order chi connectivity index (χ0) is 16.8. The summed E-state index contributed by atoms with van der Waals surface area (Å²) in [5, 5.41) is 14.7. The second-order valence-electron chi connectivity index (χ2n) is 5.70. The summed E-state index contributed by atoms with van der Waals surface area (Å²) in [6, 6.07) is 6.47. The molecule has 0 saturated carbocycles. The summed E-state index contributed by atoms with van der Waals surface area (Å²) in [7, 11) is 0. The van der Waals surface area contributed by atoms with Gasteiger partial charge in [0, 0.05) is 31.9 Å². The third-order valence-corrected chi connectivity index (χ3v) is 3.87. The van der Waals surface area contributed by atoms with Gasteiger partial charge < -0.3 is 15.4 Å². The Morgan fingerprint density at radius 1 is 1.43 bits per heavy atom. The molecular weight excluding hydrogens is 316 g/mol. The molecule has 1 heterocycles. The van der Waals surface area contributed by atoms with Crippen molar-refractivity contribution in [2.75, 3.05) is 31.5 Å². The molecule has 1 aliphatic heterocycles.